The van der Waals surface area contributed by atoms with E-state index in [1.165, 1.54) is 17.5 Å². The van der Waals surface area contributed by atoms with E-state index in [4.69, 9.17) is 4.74 Å². The van der Waals surface area contributed by atoms with Crippen LogP contribution in [0, 0.1) is 0 Å². The van der Waals surface area contributed by atoms with Crippen LogP contribution in [0.25, 0.3) is 0 Å². The molecule has 21 heavy (non-hydrogen) atoms. The van der Waals surface area contributed by atoms with Crippen LogP contribution >= 0.6 is 31.9 Å². The van der Waals surface area contributed by atoms with Gasteiger partial charge in [-0.3, -0.25) is 4.79 Å². The minimum atomic E-state index is 0.0134. The molecule has 0 unspecified atom stereocenters. The van der Waals surface area contributed by atoms with Crippen molar-refractivity contribution in [1.82, 2.24) is 0 Å². The normalized spacial score (nSPS) is 13.0. The molecule has 0 aromatic heterocycles. The third-order valence-corrected chi connectivity index (χ3v) is 4.79. The van der Waals surface area contributed by atoms with Crippen LogP contribution in [-0.2, 0) is 12.8 Å². The maximum absolute atomic E-state index is 12.2. The average molecular weight is 410 g/mol. The summed E-state index contributed by atoms with van der Waals surface area (Å²) in [6, 6.07) is 11.6. The number of hydrogen-bond donors (Lipinski definition) is 0. The summed E-state index contributed by atoms with van der Waals surface area (Å²) in [4.78, 5) is 12.2. The maximum Gasteiger partial charge on any atom is 0.200 e. The quantitative estimate of drug-likeness (QED) is 0.667. The van der Waals surface area contributed by atoms with Gasteiger partial charge in [0.15, 0.2) is 12.4 Å². The summed E-state index contributed by atoms with van der Waals surface area (Å²) in [6.07, 6.45) is 3.40. The molecule has 0 radical (unpaired) electrons. The molecule has 2 aromatic rings. The summed E-state index contributed by atoms with van der Waals surface area (Å²) in [5, 5.41) is 0. The molecule has 0 N–H and O–H groups in total. The van der Waals surface area contributed by atoms with Crippen molar-refractivity contribution in [3.63, 3.8) is 0 Å². The van der Waals surface area contributed by atoms with Crippen molar-refractivity contribution < 1.29 is 9.53 Å². The Balaban J connectivity index is 1.69. The highest BCUT2D eigenvalue weighted by Crippen LogP contribution is 2.28. The molecule has 1 aliphatic rings. The third kappa shape index (κ3) is 3.38. The van der Waals surface area contributed by atoms with Gasteiger partial charge in [-0.15, -0.1) is 0 Å². The van der Waals surface area contributed by atoms with E-state index in [-0.39, 0.29) is 12.4 Å². The highest BCUT2D eigenvalue weighted by molar-refractivity contribution is 9.11. The number of ether oxygens (including phenoxy) is 1. The van der Waals surface area contributed by atoms with Crippen molar-refractivity contribution in [2.75, 3.05) is 6.61 Å². The predicted molar refractivity (Wildman–Crippen MR) is 90.1 cm³/mol. The topological polar surface area (TPSA) is 26.3 Å². The molecule has 0 saturated heterocycles. The van der Waals surface area contributed by atoms with Gasteiger partial charge in [-0.05, 0) is 70.6 Å². The van der Waals surface area contributed by atoms with Crippen LogP contribution in [0.15, 0.2) is 45.3 Å². The van der Waals surface area contributed by atoms with Gasteiger partial charge >= 0.3 is 0 Å². The van der Waals surface area contributed by atoms with Crippen LogP contribution < -0.4 is 4.74 Å². The summed E-state index contributed by atoms with van der Waals surface area (Å²) in [7, 11) is 0. The predicted octanol–water partition coefficient (Wildman–Crippen LogP) is 4.96. The Morgan fingerprint density at radius 1 is 1.05 bits per heavy atom. The summed E-state index contributed by atoms with van der Waals surface area (Å²) in [5.41, 5.74) is 3.43. The minimum Gasteiger partial charge on any atom is -0.484 e. The van der Waals surface area contributed by atoms with Gasteiger partial charge < -0.3 is 4.74 Å². The van der Waals surface area contributed by atoms with Crippen LogP contribution in [0.2, 0.25) is 0 Å². The van der Waals surface area contributed by atoms with E-state index in [0.717, 1.165) is 27.4 Å². The molecule has 0 amide bonds. The Labute approximate surface area is 140 Å². The molecule has 0 fully saturated rings. The van der Waals surface area contributed by atoms with Gasteiger partial charge in [0.25, 0.3) is 0 Å². The molecule has 0 spiro atoms. The van der Waals surface area contributed by atoms with Crippen LogP contribution in [-0.4, -0.2) is 12.4 Å². The largest absolute Gasteiger partial charge is 0.484 e. The number of hydrogen-bond acceptors (Lipinski definition) is 2. The molecular weight excluding hydrogens is 396 g/mol. The number of ketones is 1. The number of Topliss-reactive ketones (excluding diaryl/α,β-unsaturated/α-hetero) is 1. The van der Waals surface area contributed by atoms with Gasteiger partial charge in [0.2, 0.25) is 0 Å². The van der Waals surface area contributed by atoms with Crippen molar-refractivity contribution in [1.29, 1.82) is 0 Å². The Bertz CT molecular complexity index is 695. The van der Waals surface area contributed by atoms with Gasteiger partial charge in [0.1, 0.15) is 5.75 Å². The van der Waals surface area contributed by atoms with Gasteiger partial charge in [0, 0.05) is 10.0 Å². The number of fused-ring (bicyclic) bond motifs is 1. The first-order valence-electron chi connectivity index (χ1n) is 6.86. The second kappa shape index (κ2) is 6.32. The summed E-state index contributed by atoms with van der Waals surface area (Å²) >= 11 is 6.82. The van der Waals surface area contributed by atoms with Crippen LogP contribution in [0.4, 0.5) is 0 Å². The van der Waals surface area contributed by atoms with E-state index in [0.29, 0.717) is 5.75 Å². The highest BCUT2D eigenvalue weighted by Gasteiger charge is 2.14. The second-order valence-electron chi connectivity index (χ2n) is 5.12. The molecule has 108 valence electrons. The number of rotatable bonds is 4. The molecule has 3 rings (SSSR count). The standard InChI is InChI=1S/C17H14Br2O2/c18-14-6-7-17(15(19)9-14)21-10-16(20)13-5-4-11-2-1-3-12(11)8-13/h4-9H,1-3,10H2. The molecular formula is C17H14Br2O2. The number of halogens is 2. The molecule has 0 saturated carbocycles. The van der Waals surface area contributed by atoms with E-state index in [2.05, 4.69) is 37.9 Å². The maximum atomic E-state index is 12.2. The Kier molecular flexibility index (Phi) is 4.45. The van der Waals surface area contributed by atoms with Crippen LogP contribution in [0.1, 0.15) is 27.9 Å². The number of carbonyl (C=O) groups is 1. The van der Waals surface area contributed by atoms with Gasteiger partial charge in [-0.25, -0.2) is 0 Å². The first-order valence-corrected chi connectivity index (χ1v) is 8.45. The SMILES string of the molecule is O=C(COc1ccc(Br)cc1Br)c1ccc2c(c1)CCC2. The highest BCUT2D eigenvalue weighted by atomic mass is 79.9. The van der Waals surface area contributed by atoms with Crippen molar-refractivity contribution in [3.8, 4) is 5.75 Å². The first-order chi connectivity index (χ1) is 10.1. The second-order valence-corrected chi connectivity index (χ2v) is 6.89. The fourth-order valence-corrected chi connectivity index (χ4v) is 3.73. The van der Waals surface area contributed by atoms with Gasteiger partial charge in [-0.1, -0.05) is 28.1 Å². The smallest absolute Gasteiger partial charge is 0.200 e. The fourth-order valence-electron chi connectivity index (χ4n) is 2.56. The van der Waals surface area contributed by atoms with E-state index < -0.39 is 0 Å². The van der Waals surface area contributed by atoms with Crippen molar-refractivity contribution in [2.45, 2.75) is 19.3 Å². The minimum absolute atomic E-state index is 0.0134. The van der Waals surface area contributed by atoms with Crippen molar-refractivity contribution in [2.24, 2.45) is 0 Å². The lowest BCUT2D eigenvalue weighted by atomic mass is 10.0. The van der Waals surface area contributed by atoms with Crippen molar-refractivity contribution >= 4 is 37.6 Å². The summed E-state index contributed by atoms with van der Waals surface area (Å²) in [6.45, 7) is 0.0546. The number of aryl methyl sites for hydroxylation is 2. The Morgan fingerprint density at radius 2 is 1.86 bits per heavy atom. The lowest BCUT2D eigenvalue weighted by Gasteiger charge is -2.09. The zero-order chi connectivity index (χ0) is 14.8. The number of benzene rings is 2. The molecule has 1 aliphatic carbocycles. The van der Waals surface area contributed by atoms with E-state index in [1.54, 1.807) is 0 Å². The zero-order valence-corrected chi connectivity index (χ0v) is 14.5. The Hall–Kier alpha value is -1.13. The molecule has 2 nitrogen and oxygen atoms in total. The van der Waals surface area contributed by atoms with Gasteiger partial charge in [-0.2, -0.15) is 0 Å². The molecule has 4 heteroatoms. The molecule has 0 atom stereocenters. The Morgan fingerprint density at radius 3 is 2.67 bits per heavy atom. The lowest BCUT2D eigenvalue weighted by Crippen LogP contribution is -2.12. The van der Waals surface area contributed by atoms with Crippen molar-refractivity contribution in [3.05, 3.63) is 62.0 Å². The molecule has 0 heterocycles. The molecule has 2 aromatic carbocycles. The van der Waals surface area contributed by atoms with E-state index in [1.807, 2.05) is 30.3 Å². The van der Waals surface area contributed by atoms with E-state index in [9.17, 15) is 4.79 Å². The van der Waals surface area contributed by atoms with Crippen LogP contribution in [0.5, 0.6) is 5.75 Å². The average Bonchev–Trinajstić information content (AvgIpc) is 2.93. The molecule has 0 aliphatic heterocycles. The van der Waals surface area contributed by atoms with Gasteiger partial charge in [0.05, 0.1) is 4.47 Å². The third-order valence-electron chi connectivity index (χ3n) is 3.67. The number of carbonyl (C=O) groups excluding carboxylic acids is 1. The zero-order valence-electron chi connectivity index (χ0n) is 11.4. The summed E-state index contributed by atoms with van der Waals surface area (Å²) in [5.74, 6) is 0.687. The first kappa shape index (κ1) is 14.8. The van der Waals surface area contributed by atoms with E-state index >= 15 is 0 Å². The lowest BCUT2D eigenvalue weighted by molar-refractivity contribution is 0.0921. The van der Waals surface area contributed by atoms with Crippen LogP contribution in [0.3, 0.4) is 0 Å². The summed E-state index contributed by atoms with van der Waals surface area (Å²) < 4.78 is 7.41. The molecule has 0 bridgehead atoms. The fraction of sp³-hybridized carbons (Fsp3) is 0.235. The monoisotopic (exact) mass is 408 g/mol.